The summed E-state index contributed by atoms with van der Waals surface area (Å²) in [6.45, 7) is 2.89. The number of hydrogen-bond acceptors (Lipinski definition) is 8. The Balaban J connectivity index is 1.41. The number of methoxy groups -OCH3 is 2. The van der Waals surface area contributed by atoms with Crippen LogP contribution >= 0.6 is 24.0 Å². The van der Waals surface area contributed by atoms with Gasteiger partial charge in [0, 0.05) is 19.3 Å². The number of ether oxygens (including phenoxy) is 2. The number of carbonyl (C=O) groups excluding carboxylic acids is 1. The number of rotatable bonds is 10. The lowest BCUT2D eigenvalue weighted by atomic mass is 10.1. The number of carbonyl (C=O) groups is 1. The number of benzene rings is 2. The lowest BCUT2D eigenvalue weighted by Crippen LogP contribution is -2.30. The average molecular weight is 587 g/mol. The molecular weight excluding hydrogens is 556 g/mol. The Labute approximate surface area is 248 Å². The maximum atomic E-state index is 13.7. The topological polar surface area (TPSA) is 85.2 Å². The van der Waals surface area contributed by atoms with E-state index in [1.54, 1.807) is 31.4 Å². The lowest BCUT2D eigenvalue weighted by molar-refractivity contribution is -0.122. The van der Waals surface area contributed by atoms with Crippen molar-refractivity contribution in [2.45, 2.75) is 19.8 Å². The van der Waals surface area contributed by atoms with Gasteiger partial charge in [0.1, 0.15) is 15.8 Å². The molecule has 0 saturated carbocycles. The summed E-state index contributed by atoms with van der Waals surface area (Å²) >= 11 is 6.76. The van der Waals surface area contributed by atoms with E-state index in [-0.39, 0.29) is 11.5 Å². The molecule has 0 unspecified atom stereocenters. The molecule has 0 aliphatic carbocycles. The molecule has 2 aromatic heterocycles. The van der Waals surface area contributed by atoms with Crippen molar-refractivity contribution in [2.24, 2.45) is 0 Å². The highest BCUT2D eigenvalue weighted by molar-refractivity contribution is 8.26. The predicted molar refractivity (Wildman–Crippen MR) is 168 cm³/mol. The number of anilines is 1. The number of pyridine rings is 1. The normalized spacial score (nSPS) is 14.2. The van der Waals surface area contributed by atoms with Crippen LogP contribution in [0.2, 0.25) is 0 Å². The summed E-state index contributed by atoms with van der Waals surface area (Å²) in [5.74, 6) is 1.48. The van der Waals surface area contributed by atoms with Gasteiger partial charge >= 0.3 is 0 Å². The van der Waals surface area contributed by atoms with Crippen molar-refractivity contribution in [1.29, 1.82) is 0 Å². The monoisotopic (exact) mass is 586 g/mol. The molecular formula is C31H30N4O4S2. The van der Waals surface area contributed by atoms with Crippen molar-refractivity contribution in [2.75, 3.05) is 32.6 Å². The number of thiocarbonyl (C=S) groups is 1. The first kappa shape index (κ1) is 28.4. The molecule has 1 saturated heterocycles. The van der Waals surface area contributed by atoms with Crippen molar-refractivity contribution >= 4 is 51.7 Å². The van der Waals surface area contributed by atoms with E-state index < -0.39 is 0 Å². The quantitative estimate of drug-likeness (QED) is 0.203. The van der Waals surface area contributed by atoms with Gasteiger partial charge in [-0.25, -0.2) is 4.98 Å². The summed E-state index contributed by atoms with van der Waals surface area (Å²) in [5, 5.41) is 3.34. The molecule has 210 valence electrons. The molecule has 8 nitrogen and oxygen atoms in total. The van der Waals surface area contributed by atoms with Gasteiger partial charge < -0.3 is 14.8 Å². The van der Waals surface area contributed by atoms with Gasteiger partial charge in [-0.05, 0) is 60.7 Å². The Morgan fingerprint density at radius 2 is 1.76 bits per heavy atom. The molecule has 1 amide bonds. The third-order valence-electron chi connectivity index (χ3n) is 6.85. The predicted octanol–water partition coefficient (Wildman–Crippen LogP) is 5.12. The SMILES string of the molecule is COc1ccc(CCN2C(=O)C(=Cc3c(NCCc4ccccc4)nc4c(C)cccn4c3=O)SC2=S)cc1OC. The first-order valence-corrected chi connectivity index (χ1v) is 14.4. The van der Waals surface area contributed by atoms with Crippen LogP contribution in [0.15, 0.2) is 76.6 Å². The number of hydrogen-bond donors (Lipinski definition) is 1. The molecule has 0 bridgehead atoms. The minimum Gasteiger partial charge on any atom is -0.493 e. The molecule has 1 aliphatic heterocycles. The lowest BCUT2D eigenvalue weighted by Gasteiger charge is -2.15. The van der Waals surface area contributed by atoms with Gasteiger partial charge in [-0.3, -0.25) is 18.9 Å². The van der Waals surface area contributed by atoms with Gasteiger partial charge in [0.2, 0.25) is 0 Å². The zero-order chi connectivity index (χ0) is 28.9. The highest BCUT2D eigenvalue weighted by Crippen LogP contribution is 2.34. The maximum Gasteiger partial charge on any atom is 0.267 e. The van der Waals surface area contributed by atoms with Crippen LogP contribution in [0.25, 0.3) is 11.7 Å². The molecule has 10 heteroatoms. The first-order chi connectivity index (χ1) is 19.9. The van der Waals surface area contributed by atoms with Gasteiger partial charge in [0.25, 0.3) is 11.5 Å². The second-order valence-electron chi connectivity index (χ2n) is 9.50. The van der Waals surface area contributed by atoms with Crippen LogP contribution in [-0.2, 0) is 17.6 Å². The number of aryl methyl sites for hydroxylation is 1. The minimum atomic E-state index is -0.253. The maximum absolute atomic E-state index is 13.7. The number of nitrogens with zero attached hydrogens (tertiary/aromatic N) is 3. The Morgan fingerprint density at radius 3 is 2.51 bits per heavy atom. The zero-order valence-corrected chi connectivity index (χ0v) is 24.7. The molecule has 5 rings (SSSR count). The van der Waals surface area contributed by atoms with E-state index in [0.29, 0.717) is 57.3 Å². The highest BCUT2D eigenvalue weighted by atomic mass is 32.2. The van der Waals surface area contributed by atoms with Crippen LogP contribution in [0.3, 0.4) is 0 Å². The number of nitrogens with one attached hydrogen (secondary N) is 1. The third-order valence-corrected chi connectivity index (χ3v) is 8.23. The molecule has 1 fully saturated rings. The Bertz CT molecular complexity index is 1700. The van der Waals surface area contributed by atoms with Gasteiger partial charge in [0.05, 0.1) is 24.7 Å². The first-order valence-electron chi connectivity index (χ1n) is 13.2. The van der Waals surface area contributed by atoms with E-state index in [1.165, 1.54) is 21.7 Å². The highest BCUT2D eigenvalue weighted by Gasteiger charge is 2.32. The molecule has 3 heterocycles. The van der Waals surface area contributed by atoms with E-state index in [0.717, 1.165) is 17.5 Å². The van der Waals surface area contributed by atoms with E-state index in [9.17, 15) is 9.59 Å². The van der Waals surface area contributed by atoms with Crippen LogP contribution in [0.1, 0.15) is 22.3 Å². The fourth-order valence-corrected chi connectivity index (χ4v) is 5.94. The average Bonchev–Trinajstić information content (AvgIpc) is 3.25. The second-order valence-corrected chi connectivity index (χ2v) is 11.2. The van der Waals surface area contributed by atoms with Crippen molar-refractivity contribution in [1.82, 2.24) is 14.3 Å². The fraction of sp³-hybridized carbons (Fsp3) is 0.226. The van der Waals surface area contributed by atoms with Crippen LogP contribution in [-0.4, -0.2) is 51.8 Å². The minimum absolute atomic E-state index is 0.232. The number of aromatic nitrogens is 2. The molecule has 1 N–H and O–H groups in total. The summed E-state index contributed by atoms with van der Waals surface area (Å²) in [5.41, 5.74) is 3.67. The molecule has 41 heavy (non-hydrogen) atoms. The van der Waals surface area contributed by atoms with Crippen LogP contribution in [0.4, 0.5) is 5.82 Å². The smallest absolute Gasteiger partial charge is 0.267 e. The van der Waals surface area contributed by atoms with Gasteiger partial charge in [-0.1, -0.05) is 66.4 Å². The van der Waals surface area contributed by atoms with Crippen molar-refractivity contribution < 1.29 is 14.3 Å². The summed E-state index contributed by atoms with van der Waals surface area (Å²) in [7, 11) is 3.18. The molecule has 0 radical (unpaired) electrons. The van der Waals surface area contributed by atoms with Gasteiger partial charge in [-0.2, -0.15) is 0 Å². The number of amides is 1. The van der Waals surface area contributed by atoms with Gasteiger partial charge in [-0.15, -0.1) is 0 Å². The van der Waals surface area contributed by atoms with Crippen molar-refractivity contribution in [3.63, 3.8) is 0 Å². The molecule has 2 aromatic carbocycles. The zero-order valence-electron chi connectivity index (χ0n) is 23.0. The van der Waals surface area contributed by atoms with Crippen LogP contribution < -0.4 is 20.3 Å². The van der Waals surface area contributed by atoms with Crippen LogP contribution in [0, 0.1) is 6.92 Å². The third kappa shape index (κ3) is 6.13. The molecule has 0 spiro atoms. The van der Waals surface area contributed by atoms with E-state index in [4.69, 9.17) is 26.7 Å². The summed E-state index contributed by atoms with van der Waals surface area (Å²) < 4.78 is 12.7. The standard InChI is InChI=1S/C31H30N4O4S2/c1-20-8-7-16-34-28(20)33-27(32-15-13-21-9-5-4-6-10-21)23(29(34)36)19-26-30(37)35(31(40)41-26)17-14-22-11-12-24(38-2)25(18-22)39-3/h4-12,16,18-19,32H,13-15,17H2,1-3H3. The van der Waals surface area contributed by atoms with E-state index in [2.05, 4.69) is 17.4 Å². The van der Waals surface area contributed by atoms with Crippen molar-refractivity contribution in [3.05, 3.63) is 104 Å². The van der Waals surface area contributed by atoms with Crippen LogP contribution in [0.5, 0.6) is 11.5 Å². The fourth-order valence-electron chi connectivity index (χ4n) is 4.65. The van der Waals surface area contributed by atoms with E-state index >= 15 is 0 Å². The molecule has 4 aromatic rings. The van der Waals surface area contributed by atoms with E-state index in [1.807, 2.05) is 55.5 Å². The number of fused-ring (bicyclic) bond motifs is 1. The second kappa shape index (κ2) is 12.6. The summed E-state index contributed by atoms with van der Waals surface area (Å²) in [6, 6.07) is 19.5. The largest absolute Gasteiger partial charge is 0.493 e. The Hall–Kier alpha value is -4.15. The molecule has 1 aliphatic rings. The van der Waals surface area contributed by atoms with Crippen molar-refractivity contribution in [3.8, 4) is 11.5 Å². The number of thioether (sulfide) groups is 1. The van der Waals surface area contributed by atoms with Gasteiger partial charge in [0.15, 0.2) is 11.5 Å². The Morgan fingerprint density at radius 1 is 0.976 bits per heavy atom. The summed E-state index contributed by atoms with van der Waals surface area (Å²) in [6.07, 6.45) is 4.64. The summed E-state index contributed by atoms with van der Waals surface area (Å²) in [4.78, 5) is 33.9. The Kier molecular flexibility index (Phi) is 8.70. The molecule has 0 atom stereocenters.